The van der Waals surface area contributed by atoms with Crippen LogP contribution in [0.2, 0.25) is 0 Å². The van der Waals surface area contributed by atoms with Gasteiger partial charge in [0.2, 0.25) is 15.9 Å². The molecule has 3 N–H and O–H groups in total. The van der Waals surface area contributed by atoms with Crippen LogP contribution in [0.3, 0.4) is 0 Å². The lowest BCUT2D eigenvalue weighted by atomic mass is 10.2. The Morgan fingerprint density at radius 1 is 1.15 bits per heavy atom. The molecule has 0 unspecified atom stereocenters. The summed E-state index contributed by atoms with van der Waals surface area (Å²) in [5.41, 5.74) is 1.28. The Bertz CT molecular complexity index is 709. The zero-order valence-electron chi connectivity index (χ0n) is 15.7. The molecule has 2 rings (SSSR count). The van der Waals surface area contributed by atoms with Gasteiger partial charge < -0.3 is 10.2 Å². The smallest absolute Gasteiger partial charge is 0.238 e. The van der Waals surface area contributed by atoms with E-state index in [9.17, 15) is 13.2 Å². The van der Waals surface area contributed by atoms with Crippen molar-refractivity contribution in [3.05, 3.63) is 18.2 Å². The van der Waals surface area contributed by atoms with Crippen LogP contribution in [0.4, 0.5) is 11.4 Å². The molecule has 1 aliphatic rings. The number of anilines is 2. The number of hydrogen-bond acceptors (Lipinski definition) is 5. The molecule has 1 fully saturated rings. The quantitative estimate of drug-likeness (QED) is 0.752. The lowest BCUT2D eigenvalue weighted by Crippen LogP contribution is -2.34. The minimum Gasteiger partial charge on any atom is -0.370 e. The number of rotatable bonds is 7. The van der Waals surface area contributed by atoms with E-state index < -0.39 is 10.0 Å². The Morgan fingerprint density at radius 2 is 1.77 bits per heavy atom. The standard InChI is InChI=1S/C18H30N4O3S/c1-3-22(4-2)17-10-9-15(26(19,24)25)13-16(17)20-18(23)14-21-11-7-5-6-8-12-21/h9-10,13H,3-8,11-12,14H2,1-2H3,(H,20,23)(H2,19,24,25). The molecule has 1 saturated heterocycles. The molecule has 8 heteroatoms. The number of amides is 1. The van der Waals surface area contributed by atoms with E-state index >= 15 is 0 Å². The van der Waals surface area contributed by atoms with Crippen molar-refractivity contribution in [2.45, 2.75) is 44.4 Å². The van der Waals surface area contributed by atoms with Crippen molar-refractivity contribution in [2.75, 3.05) is 42.9 Å². The Kier molecular flexibility index (Phi) is 7.43. The van der Waals surface area contributed by atoms with E-state index in [-0.39, 0.29) is 10.8 Å². The summed E-state index contributed by atoms with van der Waals surface area (Å²) in [6, 6.07) is 4.63. The van der Waals surface area contributed by atoms with Crippen LogP contribution in [0.5, 0.6) is 0 Å². The number of primary sulfonamides is 1. The molecule has 1 heterocycles. The van der Waals surface area contributed by atoms with Crippen molar-refractivity contribution in [1.82, 2.24) is 4.90 Å². The first-order valence-electron chi connectivity index (χ1n) is 9.29. The van der Waals surface area contributed by atoms with E-state index in [4.69, 9.17) is 5.14 Å². The number of nitrogens with zero attached hydrogens (tertiary/aromatic N) is 2. The molecule has 1 aliphatic heterocycles. The maximum Gasteiger partial charge on any atom is 0.238 e. The Balaban J connectivity index is 2.22. The fourth-order valence-corrected chi connectivity index (χ4v) is 3.86. The van der Waals surface area contributed by atoms with Gasteiger partial charge in [0, 0.05) is 13.1 Å². The second-order valence-electron chi connectivity index (χ2n) is 6.63. The van der Waals surface area contributed by atoms with E-state index in [1.54, 1.807) is 6.07 Å². The molecule has 146 valence electrons. The third kappa shape index (κ3) is 5.69. The van der Waals surface area contributed by atoms with Crippen molar-refractivity contribution in [1.29, 1.82) is 0 Å². The Labute approximate surface area is 156 Å². The molecule has 0 radical (unpaired) electrons. The van der Waals surface area contributed by atoms with Gasteiger partial charge in [-0.05, 0) is 58.0 Å². The van der Waals surface area contributed by atoms with E-state index in [0.717, 1.165) is 44.7 Å². The first kappa shape index (κ1) is 20.7. The summed E-state index contributed by atoms with van der Waals surface area (Å²) in [5.74, 6) is -0.133. The summed E-state index contributed by atoms with van der Waals surface area (Å²) in [6.45, 7) is 7.69. The molecule has 0 atom stereocenters. The second-order valence-corrected chi connectivity index (χ2v) is 8.20. The highest BCUT2D eigenvalue weighted by Crippen LogP contribution is 2.28. The van der Waals surface area contributed by atoms with Crippen LogP contribution in [0.1, 0.15) is 39.5 Å². The average molecular weight is 383 g/mol. The molecule has 0 spiro atoms. The maximum atomic E-state index is 12.6. The summed E-state index contributed by atoms with van der Waals surface area (Å²) < 4.78 is 23.4. The van der Waals surface area contributed by atoms with E-state index in [1.807, 2.05) is 13.8 Å². The number of benzene rings is 1. The van der Waals surface area contributed by atoms with Crippen LogP contribution in [0.25, 0.3) is 0 Å². The van der Waals surface area contributed by atoms with Crippen LogP contribution in [-0.2, 0) is 14.8 Å². The largest absolute Gasteiger partial charge is 0.370 e. The molecule has 0 aromatic heterocycles. The van der Waals surface area contributed by atoms with E-state index in [0.29, 0.717) is 12.2 Å². The fraction of sp³-hybridized carbons (Fsp3) is 0.611. The highest BCUT2D eigenvalue weighted by molar-refractivity contribution is 7.89. The number of sulfonamides is 1. The maximum absolute atomic E-state index is 12.6. The van der Waals surface area contributed by atoms with Gasteiger partial charge in [-0.2, -0.15) is 0 Å². The van der Waals surface area contributed by atoms with Crippen molar-refractivity contribution in [3.63, 3.8) is 0 Å². The molecule has 1 aromatic carbocycles. The number of nitrogens with one attached hydrogen (secondary N) is 1. The van der Waals surface area contributed by atoms with Gasteiger partial charge in [-0.3, -0.25) is 9.69 Å². The second kappa shape index (κ2) is 9.34. The van der Waals surface area contributed by atoms with E-state index in [1.165, 1.54) is 25.0 Å². The molecule has 1 amide bonds. The minimum absolute atomic E-state index is 0.00141. The van der Waals surface area contributed by atoms with Gasteiger partial charge in [-0.1, -0.05) is 12.8 Å². The molecule has 0 saturated carbocycles. The predicted octanol–water partition coefficient (Wildman–Crippen LogP) is 1.99. The Morgan fingerprint density at radius 3 is 2.31 bits per heavy atom. The normalized spacial score (nSPS) is 16.1. The molecular weight excluding hydrogens is 352 g/mol. The molecular formula is C18H30N4O3S. The van der Waals surface area contributed by atoms with Gasteiger partial charge in [-0.15, -0.1) is 0 Å². The van der Waals surface area contributed by atoms with Crippen LogP contribution in [-0.4, -0.2) is 51.9 Å². The van der Waals surface area contributed by atoms with Crippen LogP contribution >= 0.6 is 0 Å². The van der Waals surface area contributed by atoms with E-state index in [2.05, 4.69) is 15.1 Å². The molecule has 7 nitrogen and oxygen atoms in total. The number of nitrogens with two attached hydrogens (primary N) is 1. The summed E-state index contributed by atoms with van der Waals surface area (Å²) in [6.07, 6.45) is 4.64. The topological polar surface area (TPSA) is 95.7 Å². The van der Waals surface area contributed by atoms with Crippen LogP contribution < -0.4 is 15.4 Å². The minimum atomic E-state index is -3.83. The van der Waals surface area contributed by atoms with Crippen molar-refractivity contribution in [2.24, 2.45) is 5.14 Å². The van der Waals surface area contributed by atoms with Crippen molar-refractivity contribution in [3.8, 4) is 0 Å². The van der Waals surface area contributed by atoms with Gasteiger partial charge in [0.1, 0.15) is 0 Å². The number of carbonyl (C=O) groups is 1. The van der Waals surface area contributed by atoms with Crippen molar-refractivity contribution >= 4 is 27.3 Å². The summed E-state index contributed by atoms with van der Waals surface area (Å²) >= 11 is 0. The van der Waals surface area contributed by atoms with Gasteiger partial charge in [0.25, 0.3) is 0 Å². The molecule has 0 aliphatic carbocycles. The fourth-order valence-electron chi connectivity index (χ4n) is 3.32. The first-order valence-corrected chi connectivity index (χ1v) is 10.8. The predicted molar refractivity (Wildman–Crippen MR) is 105 cm³/mol. The molecule has 26 heavy (non-hydrogen) atoms. The first-order chi connectivity index (χ1) is 12.3. The third-order valence-corrected chi connectivity index (χ3v) is 5.65. The molecule has 0 bridgehead atoms. The zero-order chi connectivity index (χ0) is 19.2. The zero-order valence-corrected chi connectivity index (χ0v) is 16.5. The summed E-state index contributed by atoms with van der Waals surface area (Å²) in [7, 11) is -3.83. The van der Waals surface area contributed by atoms with Crippen LogP contribution in [0.15, 0.2) is 23.1 Å². The number of likely N-dealkylation sites (tertiary alicyclic amines) is 1. The van der Waals surface area contributed by atoms with Gasteiger partial charge >= 0.3 is 0 Å². The molecule has 1 aromatic rings. The van der Waals surface area contributed by atoms with Crippen LogP contribution in [0, 0.1) is 0 Å². The summed E-state index contributed by atoms with van der Waals surface area (Å²) in [4.78, 5) is 16.8. The average Bonchev–Trinajstić information content (AvgIpc) is 2.84. The lowest BCUT2D eigenvalue weighted by molar-refractivity contribution is -0.117. The highest BCUT2D eigenvalue weighted by Gasteiger charge is 2.18. The number of carbonyl (C=O) groups excluding carboxylic acids is 1. The summed E-state index contributed by atoms with van der Waals surface area (Å²) in [5, 5.41) is 8.15. The highest BCUT2D eigenvalue weighted by atomic mass is 32.2. The Hall–Kier alpha value is -1.64. The third-order valence-electron chi connectivity index (χ3n) is 4.74. The monoisotopic (exact) mass is 382 g/mol. The SMILES string of the molecule is CCN(CC)c1ccc(S(N)(=O)=O)cc1NC(=O)CN1CCCCCC1. The van der Waals surface area contributed by atoms with Gasteiger partial charge in [0.15, 0.2) is 0 Å². The van der Waals surface area contributed by atoms with Gasteiger partial charge in [0.05, 0.1) is 22.8 Å². The van der Waals surface area contributed by atoms with Gasteiger partial charge in [-0.25, -0.2) is 13.6 Å². The van der Waals surface area contributed by atoms with Crippen molar-refractivity contribution < 1.29 is 13.2 Å². The lowest BCUT2D eigenvalue weighted by Gasteiger charge is -2.25. The number of hydrogen-bond donors (Lipinski definition) is 2.